The molecular formula is C26H30N6O2S. The van der Waals surface area contributed by atoms with E-state index in [1.165, 1.54) is 22.7 Å². The number of aromatic nitrogens is 3. The van der Waals surface area contributed by atoms with Crippen molar-refractivity contribution in [2.45, 2.75) is 52.2 Å². The van der Waals surface area contributed by atoms with E-state index in [1.807, 2.05) is 11.4 Å². The van der Waals surface area contributed by atoms with Crippen LogP contribution in [-0.2, 0) is 16.1 Å². The number of carbonyl (C=O) groups is 1. The molecule has 0 spiro atoms. The first kappa shape index (κ1) is 23.5. The van der Waals surface area contributed by atoms with Crippen molar-refractivity contribution in [2.75, 3.05) is 29.9 Å². The number of rotatable bonds is 6. The van der Waals surface area contributed by atoms with E-state index in [1.54, 1.807) is 12.3 Å². The van der Waals surface area contributed by atoms with Gasteiger partial charge in [0.25, 0.3) is 0 Å². The van der Waals surface area contributed by atoms with Gasteiger partial charge in [-0.25, -0.2) is 9.97 Å². The molecule has 2 aliphatic heterocycles. The van der Waals surface area contributed by atoms with E-state index in [0.29, 0.717) is 10.7 Å². The number of nitrogens with zero attached hydrogens (tertiary/aromatic N) is 5. The Bertz CT molecular complexity index is 1230. The van der Waals surface area contributed by atoms with Gasteiger partial charge in [0.15, 0.2) is 5.13 Å². The van der Waals surface area contributed by atoms with E-state index in [-0.39, 0.29) is 17.9 Å². The van der Waals surface area contributed by atoms with Crippen molar-refractivity contribution < 1.29 is 9.53 Å². The minimum Gasteiger partial charge on any atom is -0.376 e. The Labute approximate surface area is 209 Å². The third kappa shape index (κ3) is 5.09. The topological polar surface area (TPSA) is 96.1 Å². The minimum atomic E-state index is -0.0477. The molecule has 0 saturated carbocycles. The molecule has 2 aliphatic rings. The fourth-order valence-electron chi connectivity index (χ4n) is 5.01. The first-order valence-corrected chi connectivity index (χ1v) is 13.1. The molecule has 5 rings (SSSR count). The molecule has 0 radical (unpaired) electrons. The number of nitriles is 1. The quantitative estimate of drug-likeness (QED) is 0.545. The van der Waals surface area contributed by atoms with Gasteiger partial charge in [0.2, 0.25) is 5.91 Å². The van der Waals surface area contributed by atoms with Gasteiger partial charge in [0, 0.05) is 60.7 Å². The molecule has 5 heterocycles. The lowest BCUT2D eigenvalue weighted by Gasteiger charge is -2.31. The first-order chi connectivity index (χ1) is 17.0. The van der Waals surface area contributed by atoms with E-state index in [4.69, 9.17) is 15.0 Å². The summed E-state index contributed by atoms with van der Waals surface area (Å²) in [5.74, 6) is 0.833. The summed E-state index contributed by atoms with van der Waals surface area (Å²) < 4.78 is 8.15. The molecule has 0 aliphatic carbocycles. The number of amides is 1. The standard InChI is InChI=1S/C26H30N6O2S/c1-17-12-22(18(2)32(17)15-21-4-3-11-34-21)23-16-35-26(29-23)30-25(33)20-7-9-31(10-8-20)24-6-5-19(13-27)14-28-24/h5-6,12,14,16,20-21H,3-4,7-11,15H2,1-2H3,(H,29,30,33). The van der Waals surface area contributed by atoms with Crippen LogP contribution in [0.4, 0.5) is 10.9 Å². The summed E-state index contributed by atoms with van der Waals surface area (Å²) in [6, 6.07) is 7.92. The molecule has 1 amide bonds. The number of pyridine rings is 1. The maximum atomic E-state index is 12.9. The highest BCUT2D eigenvalue weighted by molar-refractivity contribution is 7.14. The average molecular weight is 491 g/mol. The van der Waals surface area contributed by atoms with Crippen LogP contribution in [0.3, 0.4) is 0 Å². The Hall–Kier alpha value is -3.22. The Kier molecular flexibility index (Phi) is 6.84. The largest absolute Gasteiger partial charge is 0.376 e. The summed E-state index contributed by atoms with van der Waals surface area (Å²) in [5.41, 5.74) is 4.95. The second-order valence-electron chi connectivity index (χ2n) is 9.34. The number of aryl methyl sites for hydroxylation is 1. The lowest BCUT2D eigenvalue weighted by atomic mass is 9.96. The van der Waals surface area contributed by atoms with Crippen molar-refractivity contribution in [1.29, 1.82) is 5.26 Å². The van der Waals surface area contributed by atoms with Crippen LogP contribution in [0.2, 0.25) is 0 Å². The molecule has 35 heavy (non-hydrogen) atoms. The fourth-order valence-corrected chi connectivity index (χ4v) is 5.72. The van der Waals surface area contributed by atoms with Crippen molar-refractivity contribution >= 4 is 28.2 Å². The van der Waals surface area contributed by atoms with Crippen molar-refractivity contribution in [1.82, 2.24) is 14.5 Å². The summed E-state index contributed by atoms with van der Waals surface area (Å²) >= 11 is 1.47. The van der Waals surface area contributed by atoms with E-state index < -0.39 is 0 Å². The van der Waals surface area contributed by atoms with Gasteiger partial charge in [-0.15, -0.1) is 11.3 Å². The molecule has 0 aromatic carbocycles. The number of nitrogens with one attached hydrogen (secondary N) is 1. The van der Waals surface area contributed by atoms with Crippen LogP contribution in [0.1, 0.15) is 42.6 Å². The zero-order valence-corrected chi connectivity index (χ0v) is 21.0. The monoisotopic (exact) mass is 490 g/mol. The van der Waals surface area contributed by atoms with Crippen molar-refractivity contribution in [3.8, 4) is 17.3 Å². The Morgan fingerprint density at radius 1 is 1.29 bits per heavy atom. The minimum absolute atomic E-state index is 0.0298. The lowest BCUT2D eigenvalue weighted by molar-refractivity contribution is -0.120. The van der Waals surface area contributed by atoms with Crippen molar-refractivity contribution in [3.63, 3.8) is 0 Å². The number of thiazole rings is 1. The Balaban J connectivity index is 1.19. The average Bonchev–Trinajstić information content (AvgIpc) is 3.63. The predicted molar refractivity (Wildman–Crippen MR) is 137 cm³/mol. The molecule has 8 nitrogen and oxygen atoms in total. The molecule has 2 saturated heterocycles. The smallest absolute Gasteiger partial charge is 0.229 e. The van der Waals surface area contributed by atoms with Crippen LogP contribution >= 0.6 is 11.3 Å². The van der Waals surface area contributed by atoms with Crippen LogP contribution in [0.5, 0.6) is 0 Å². The van der Waals surface area contributed by atoms with Gasteiger partial charge in [-0.05, 0) is 57.7 Å². The number of hydrogen-bond donors (Lipinski definition) is 1. The molecule has 9 heteroatoms. The molecule has 0 bridgehead atoms. The molecule has 3 aromatic rings. The molecule has 1 unspecified atom stereocenters. The third-order valence-electron chi connectivity index (χ3n) is 7.06. The maximum Gasteiger partial charge on any atom is 0.229 e. The lowest BCUT2D eigenvalue weighted by Crippen LogP contribution is -2.38. The second-order valence-corrected chi connectivity index (χ2v) is 10.2. The van der Waals surface area contributed by atoms with E-state index in [9.17, 15) is 4.79 Å². The molecule has 2 fully saturated rings. The fraction of sp³-hybridized carbons (Fsp3) is 0.462. The summed E-state index contributed by atoms with van der Waals surface area (Å²) in [4.78, 5) is 24.2. The number of carbonyl (C=O) groups excluding carboxylic acids is 1. The van der Waals surface area contributed by atoms with Crippen LogP contribution in [0, 0.1) is 31.1 Å². The normalized spacial score (nSPS) is 18.5. The number of piperidine rings is 1. The van der Waals surface area contributed by atoms with E-state index >= 15 is 0 Å². The number of ether oxygens (including phenoxy) is 1. The first-order valence-electron chi connectivity index (χ1n) is 12.2. The van der Waals surface area contributed by atoms with Gasteiger partial charge < -0.3 is 19.5 Å². The molecule has 3 aromatic heterocycles. The van der Waals surface area contributed by atoms with Crippen LogP contribution in [0.15, 0.2) is 29.8 Å². The van der Waals surface area contributed by atoms with Crippen molar-refractivity contribution in [2.24, 2.45) is 5.92 Å². The Morgan fingerprint density at radius 3 is 2.80 bits per heavy atom. The predicted octanol–water partition coefficient (Wildman–Crippen LogP) is 4.53. The van der Waals surface area contributed by atoms with Gasteiger partial charge >= 0.3 is 0 Å². The van der Waals surface area contributed by atoms with Crippen LogP contribution in [-0.4, -0.2) is 46.2 Å². The summed E-state index contributed by atoms with van der Waals surface area (Å²) in [6.07, 6.45) is 5.65. The van der Waals surface area contributed by atoms with Crippen LogP contribution < -0.4 is 10.2 Å². The molecular weight excluding hydrogens is 460 g/mol. The zero-order chi connectivity index (χ0) is 24.4. The van der Waals surface area contributed by atoms with Gasteiger partial charge in [0.1, 0.15) is 11.9 Å². The summed E-state index contributed by atoms with van der Waals surface area (Å²) in [7, 11) is 0. The summed E-state index contributed by atoms with van der Waals surface area (Å²) in [6.45, 7) is 7.51. The van der Waals surface area contributed by atoms with E-state index in [0.717, 1.165) is 69.0 Å². The highest BCUT2D eigenvalue weighted by atomic mass is 32.1. The highest BCUT2D eigenvalue weighted by Crippen LogP contribution is 2.31. The highest BCUT2D eigenvalue weighted by Gasteiger charge is 2.26. The van der Waals surface area contributed by atoms with E-state index in [2.05, 4.69) is 45.8 Å². The number of hydrogen-bond acceptors (Lipinski definition) is 7. The zero-order valence-electron chi connectivity index (χ0n) is 20.2. The molecule has 1 atom stereocenters. The Morgan fingerprint density at radius 2 is 2.11 bits per heavy atom. The third-order valence-corrected chi connectivity index (χ3v) is 7.82. The number of anilines is 2. The summed E-state index contributed by atoms with van der Waals surface area (Å²) in [5, 5.41) is 14.6. The maximum absolute atomic E-state index is 12.9. The SMILES string of the molecule is Cc1cc(-c2csc(NC(=O)C3CCN(c4ccc(C#N)cn4)CC3)n2)c(C)n1CC1CCCO1. The van der Waals surface area contributed by atoms with Crippen molar-refractivity contribution in [3.05, 3.63) is 46.7 Å². The molecule has 182 valence electrons. The van der Waals surface area contributed by atoms with Gasteiger partial charge in [-0.1, -0.05) is 0 Å². The van der Waals surface area contributed by atoms with Crippen LogP contribution in [0.25, 0.3) is 11.3 Å². The second kappa shape index (κ2) is 10.2. The van der Waals surface area contributed by atoms with Gasteiger partial charge in [-0.3, -0.25) is 4.79 Å². The van der Waals surface area contributed by atoms with Gasteiger partial charge in [-0.2, -0.15) is 5.26 Å². The molecule has 1 N–H and O–H groups in total. The van der Waals surface area contributed by atoms with Gasteiger partial charge in [0.05, 0.1) is 17.4 Å².